The summed E-state index contributed by atoms with van der Waals surface area (Å²) in [4.78, 5) is 11.8. The van der Waals surface area contributed by atoms with Crippen LogP contribution in [0.3, 0.4) is 0 Å². The molecule has 4 heteroatoms. The van der Waals surface area contributed by atoms with Crippen molar-refractivity contribution in [2.75, 3.05) is 0 Å². The molecule has 2 nitrogen and oxygen atoms in total. The number of hydrogen-bond acceptors (Lipinski definition) is 2. The van der Waals surface area contributed by atoms with Crippen molar-refractivity contribution in [1.29, 1.82) is 0 Å². The molecule has 0 bridgehead atoms. The number of aryl methyl sites for hydroxylation is 2. The minimum absolute atomic E-state index is 0.331. The molecule has 1 N–H and O–H groups in total. The van der Waals surface area contributed by atoms with Crippen LogP contribution in [-0.4, -0.2) is 11.1 Å². The van der Waals surface area contributed by atoms with Gasteiger partial charge in [-0.05, 0) is 48.7 Å². The van der Waals surface area contributed by atoms with Crippen molar-refractivity contribution in [3.05, 3.63) is 45.3 Å². The first-order valence-corrected chi connectivity index (χ1v) is 6.33. The van der Waals surface area contributed by atoms with Gasteiger partial charge in [0.1, 0.15) is 0 Å². The van der Waals surface area contributed by atoms with Crippen molar-refractivity contribution in [3.8, 4) is 10.4 Å². The average molecular weight is 267 g/mol. The number of rotatable bonds is 2. The topological polar surface area (TPSA) is 37.3 Å². The van der Waals surface area contributed by atoms with Crippen LogP contribution in [0.1, 0.15) is 21.5 Å². The number of hydrogen-bond donors (Lipinski definition) is 1. The lowest BCUT2D eigenvalue weighted by Crippen LogP contribution is -1.91. The Morgan fingerprint density at radius 2 is 1.94 bits per heavy atom. The third-order valence-electron chi connectivity index (χ3n) is 2.62. The molecule has 0 aliphatic rings. The largest absolute Gasteiger partial charge is 0.478 e. The van der Waals surface area contributed by atoms with E-state index >= 15 is 0 Å². The minimum atomic E-state index is -0.893. The van der Waals surface area contributed by atoms with Gasteiger partial charge < -0.3 is 5.11 Å². The molecule has 0 fully saturated rings. The molecule has 0 aliphatic carbocycles. The molecule has 1 heterocycles. The SMILES string of the molecule is Cc1cc(-c2cc(C(=O)O)cs2)c(C)cc1Cl. The van der Waals surface area contributed by atoms with Gasteiger partial charge in [-0.2, -0.15) is 0 Å². The Bertz CT molecular complexity index is 587. The van der Waals surface area contributed by atoms with Crippen LogP contribution in [-0.2, 0) is 0 Å². The van der Waals surface area contributed by atoms with Crippen LogP contribution in [0.2, 0.25) is 5.02 Å². The van der Waals surface area contributed by atoms with Crippen LogP contribution in [0, 0.1) is 13.8 Å². The quantitative estimate of drug-likeness (QED) is 0.876. The van der Waals surface area contributed by atoms with E-state index in [1.165, 1.54) is 11.3 Å². The van der Waals surface area contributed by atoms with E-state index in [0.717, 1.165) is 26.6 Å². The Morgan fingerprint density at radius 1 is 1.24 bits per heavy atom. The summed E-state index contributed by atoms with van der Waals surface area (Å²) in [6.07, 6.45) is 0. The normalized spacial score (nSPS) is 10.5. The summed E-state index contributed by atoms with van der Waals surface area (Å²) in [6, 6.07) is 5.60. The maximum Gasteiger partial charge on any atom is 0.336 e. The highest BCUT2D eigenvalue weighted by Crippen LogP contribution is 2.33. The summed E-state index contributed by atoms with van der Waals surface area (Å²) < 4.78 is 0. The summed E-state index contributed by atoms with van der Waals surface area (Å²) >= 11 is 7.47. The Hall–Kier alpha value is -1.32. The van der Waals surface area contributed by atoms with Crippen LogP contribution in [0.15, 0.2) is 23.6 Å². The smallest absolute Gasteiger partial charge is 0.336 e. The van der Waals surface area contributed by atoms with Crippen LogP contribution >= 0.6 is 22.9 Å². The van der Waals surface area contributed by atoms with Crippen molar-refractivity contribution in [2.24, 2.45) is 0 Å². The minimum Gasteiger partial charge on any atom is -0.478 e. The second-order valence-corrected chi connectivity index (χ2v) is 5.24. The number of aromatic carboxylic acids is 1. The fourth-order valence-corrected chi connectivity index (χ4v) is 2.82. The first kappa shape index (κ1) is 12.1. The first-order chi connectivity index (χ1) is 7.99. The molecule has 0 saturated heterocycles. The molecule has 0 amide bonds. The molecule has 0 spiro atoms. The highest BCUT2D eigenvalue weighted by atomic mass is 35.5. The average Bonchev–Trinajstić information content (AvgIpc) is 2.72. The van der Waals surface area contributed by atoms with Crippen molar-refractivity contribution in [3.63, 3.8) is 0 Å². The van der Waals surface area contributed by atoms with E-state index in [9.17, 15) is 4.79 Å². The summed E-state index contributed by atoms with van der Waals surface area (Å²) in [5, 5.41) is 11.3. The van der Waals surface area contributed by atoms with Gasteiger partial charge in [-0.25, -0.2) is 4.79 Å². The highest BCUT2D eigenvalue weighted by molar-refractivity contribution is 7.13. The fraction of sp³-hybridized carbons (Fsp3) is 0.154. The fourth-order valence-electron chi connectivity index (χ4n) is 1.64. The van der Waals surface area contributed by atoms with E-state index in [4.69, 9.17) is 16.7 Å². The number of carboxylic acid groups (broad SMARTS) is 1. The Balaban J connectivity index is 2.52. The predicted molar refractivity (Wildman–Crippen MR) is 71.2 cm³/mol. The van der Waals surface area contributed by atoms with Gasteiger partial charge in [-0.1, -0.05) is 11.6 Å². The van der Waals surface area contributed by atoms with Crippen LogP contribution in [0.25, 0.3) is 10.4 Å². The summed E-state index contributed by atoms with van der Waals surface area (Å²) in [5.41, 5.74) is 3.43. The van der Waals surface area contributed by atoms with Crippen LogP contribution < -0.4 is 0 Å². The first-order valence-electron chi connectivity index (χ1n) is 5.08. The molecular formula is C13H11ClO2S. The monoisotopic (exact) mass is 266 g/mol. The second kappa shape index (κ2) is 4.51. The molecule has 0 radical (unpaired) electrons. The summed E-state index contributed by atoms with van der Waals surface area (Å²) in [5.74, 6) is -0.893. The summed E-state index contributed by atoms with van der Waals surface area (Å²) in [6.45, 7) is 3.91. The van der Waals surface area contributed by atoms with Gasteiger partial charge >= 0.3 is 5.97 Å². The van der Waals surface area contributed by atoms with E-state index in [1.807, 2.05) is 26.0 Å². The van der Waals surface area contributed by atoms with Crippen LogP contribution in [0.4, 0.5) is 0 Å². The summed E-state index contributed by atoms with van der Waals surface area (Å²) in [7, 11) is 0. The molecule has 1 aromatic heterocycles. The van der Waals surface area contributed by atoms with Crippen molar-refractivity contribution < 1.29 is 9.90 Å². The number of benzene rings is 1. The maximum absolute atomic E-state index is 10.8. The Morgan fingerprint density at radius 3 is 2.53 bits per heavy atom. The van der Waals surface area contributed by atoms with Crippen molar-refractivity contribution in [2.45, 2.75) is 13.8 Å². The molecule has 2 rings (SSSR count). The zero-order valence-corrected chi connectivity index (χ0v) is 11.0. The molecule has 1 aromatic carbocycles. The van der Waals surface area contributed by atoms with E-state index < -0.39 is 5.97 Å². The Kier molecular flexibility index (Phi) is 3.22. The van der Waals surface area contributed by atoms with E-state index in [-0.39, 0.29) is 0 Å². The van der Waals surface area contributed by atoms with E-state index in [1.54, 1.807) is 11.4 Å². The zero-order valence-electron chi connectivity index (χ0n) is 9.45. The number of carboxylic acids is 1. The molecule has 0 saturated carbocycles. The number of halogens is 1. The Labute approximate surface area is 108 Å². The van der Waals surface area contributed by atoms with E-state index in [2.05, 4.69) is 0 Å². The third kappa shape index (κ3) is 2.35. The highest BCUT2D eigenvalue weighted by Gasteiger charge is 2.11. The third-order valence-corrected chi connectivity index (χ3v) is 3.99. The van der Waals surface area contributed by atoms with Gasteiger partial charge in [0.2, 0.25) is 0 Å². The maximum atomic E-state index is 10.8. The lowest BCUT2D eigenvalue weighted by molar-refractivity contribution is 0.0697. The number of thiophene rings is 1. The van der Waals surface area contributed by atoms with Gasteiger partial charge in [0.05, 0.1) is 5.56 Å². The van der Waals surface area contributed by atoms with E-state index in [0.29, 0.717) is 5.56 Å². The van der Waals surface area contributed by atoms with Gasteiger partial charge in [-0.15, -0.1) is 11.3 Å². The lowest BCUT2D eigenvalue weighted by Gasteiger charge is -2.06. The zero-order chi connectivity index (χ0) is 12.6. The van der Waals surface area contributed by atoms with Gasteiger partial charge in [-0.3, -0.25) is 0 Å². The molecule has 0 atom stereocenters. The molecule has 2 aromatic rings. The number of carbonyl (C=O) groups is 1. The van der Waals surface area contributed by atoms with Gasteiger partial charge in [0, 0.05) is 15.3 Å². The molecule has 0 unspecified atom stereocenters. The van der Waals surface area contributed by atoms with Crippen LogP contribution in [0.5, 0.6) is 0 Å². The molecular weight excluding hydrogens is 256 g/mol. The standard InChI is InChI=1S/C13H11ClO2S/c1-7-4-11(14)8(2)3-10(7)12-5-9(6-17-12)13(15)16/h3-6H,1-2H3,(H,15,16). The van der Waals surface area contributed by atoms with Crippen molar-refractivity contribution >= 4 is 28.9 Å². The second-order valence-electron chi connectivity index (χ2n) is 3.92. The molecule has 17 heavy (non-hydrogen) atoms. The predicted octanol–water partition coefficient (Wildman–Crippen LogP) is 4.38. The molecule has 88 valence electrons. The van der Waals surface area contributed by atoms with Crippen molar-refractivity contribution in [1.82, 2.24) is 0 Å². The molecule has 0 aliphatic heterocycles. The van der Waals surface area contributed by atoms with Gasteiger partial charge in [0.15, 0.2) is 0 Å². The lowest BCUT2D eigenvalue weighted by atomic mass is 10.0. The van der Waals surface area contributed by atoms with Gasteiger partial charge in [0.25, 0.3) is 0 Å².